The number of nitrogens with two attached hydrogens (primary N) is 1. The van der Waals surface area contributed by atoms with Gasteiger partial charge in [-0.05, 0) is 34.2 Å². The maximum Gasteiger partial charge on any atom is 0.416 e. The Morgan fingerprint density at radius 3 is 2.27 bits per heavy atom. The Morgan fingerprint density at radius 1 is 1.27 bits per heavy atom. The van der Waals surface area contributed by atoms with Gasteiger partial charge in [0.25, 0.3) is 0 Å². The molecule has 84 valence electrons. The van der Waals surface area contributed by atoms with Crippen molar-refractivity contribution in [2.75, 3.05) is 0 Å². The molecule has 2 nitrogen and oxygen atoms in total. The molecular weight excluding hydrogens is 322 g/mol. The van der Waals surface area contributed by atoms with Crippen molar-refractivity contribution in [2.45, 2.75) is 18.3 Å². The minimum atomic E-state index is -4.70. The summed E-state index contributed by atoms with van der Waals surface area (Å²) in [5, 5.41) is 8.98. The highest BCUT2D eigenvalue weighted by molar-refractivity contribution is 14.1. The van der Waals surface area contributed by atoms with Crippen LogP contribution in [-0.2, 0) is 0 Å². The van der Waals surface area contributed by atoms with Crippen LogP contribution in [0, 0.1) is 3.57 Å². The first-order valence-corrected chi connectivity index (χ1v) is 5.16. The van der Waals surface area contributed by atoms with Crippen LogP contribution in [0.5, 0.6) is 0 Å². The maximum atomic E-state index is 12.2. The lowest BCUT2D eigenvalue weighted by atomic mass is 10.0. The highest BCUT2D eigenvalue weighted by Gasteiger charge is 2.43. The summed E-state index contributed by atoms with van der Waals surface area (Å²) in [6.45, 7) is 0. The number of aliphatic hydroxyl groups excluding tert-OH is 1. The molecule has 0 aliphatic carbocycles. The van der Waals surface area contributed by atoms with Gasteiger partial charge < -0.3 is 10.8 Å². The van der Waals surface area contributed by atoms with Gasteiger partial charge in [0.15, 0.2) is 6.10 Å². The minimum Gasteiger partial charge on any atom is -0.382 e. The average molecular weight is 331 g/mol. The summed E-state index contributed by atoms with van der Waals surface area (Å²) in [6.07, 6.45) is -7.23. The molecule has 0 amide bonds. The van der Waals surface area contributed by atoms with Gasteiger partial charge in [0.05, 0.1) is 6.04 Å². The van der Waals surface area contributed by atoms with Gasteiger partial charge in [-0.2, -0.15) is 13.2 Å². The molecule has 0 saturated carbocycles. The molecule has 0 saturated heterocycles. The first-order valence-electron chi connectivity index (χ1n) is 4.09. The average Bonchev–Trinajstić information content (AvgIpc) is 2.15. The predicted molar refractivity (Wildman–Crippen MR) is 58.1 cm³/mol. The normalized spacial score (nSPS) is 16.1. The lowest BCUT2D eigenvalue weighted by Gasteiger charge is -2.22. The van der Waals surface area contributed by atoms with E-state index in [0.29, 0.717) is 9.13 Å². The zero-order valence-electron chi connectivity index (χ0n) is 7.50. The van der Waals surface area contributed by atoms with Crippen molar-refractivity contribution in [3.8, 4) is 0 Å². The summed E-state index contributed by atoms with van der Waals surface area (Å²) in [7, 11) is 0. The third-order valence-electron chi connectivity index (χ3n) is 1.94. The molecule has 0 fully saturated rings. The maximum absolute atomic E-state index is 12.2. The molecule has 1 aromatic carbocycles. The molecule has 0 radical (unpaired) electrons. The van der Waals surface area contributed by atoms with Crippen molar-refractivity contribution < 1.29 is 18.3 Å². The molecular formula is C9H9F3INO. The summed E-state index contributed by atoms with van der Waals surface area (Å²) in [5.74, 6) is 0. The second kappa shape index (κ2) is 4.67. The van der Waals surface area contributed by atoms with E-state index in [1.54, 1.807) is 18.2 Å². The summed E-state index contributed by atoms with van der Waals surface area (Å²) in [6, 6.07) is 4.94. The zero-order chi connectivity index (χ0) is 11.6. The lowest BCUT2D eigenvalue weighted by molar-refractivity contribution is -0.210. The number of hydrogen-bond acceptors (Lipinski definition) is 2. The molecule has 15 heavy (non-hydrogen) atoms. The van der Waals surface area contributed by atoms with E-state index in [9.17, 15) is 13.2 Å². The molecule has 0 spiro atoms. The van der Waals surface area contributed by atoms with E-state index in [1.165, 1.54) is 6.07 Å². The quantitative estimate of drug-likeness (QED) is 0.817. The summed E-state index contributed by atoms with van der Waals surface area (Å²) < 4.78 is 37.2. The fraction of sp³-hybridized carbons (Fsp3) is 0.333. The number of halogens is 4. The SMILES string of the molecule is N[C@H](c1ccccc1I)[C@@H](O)C(F)(F)F. The highest BCUT2D eigenvalue weighted by atomic mass is 127. The second-order valence-corrected chi connectivity index (χ2v) is 4.20. The van der Waals surface area contributed by atoms with Crippen LogP contribution in [0.3, 0.4) is 0 Å². The lowest BCUT2D eigenvalue weighted by Crippen LogP contribution is -2.39. The molecule has 6 heteroatoms. The van der Waals surface area contributed by atoms with Gasteiger partial charge in [0.1, 0.15) is 0 Å². The molecule has 0 bridgehead atoms. The minimum absolute atomic E-state index is 0.294. The summed E-state index contributed by atoms with van der Waals surface area (Å²) in [4.78, 5) is 0. The number of hydrogen-bond donors (Lipinski definition) is 2. The third kappa shape index (κ3) is 3.05. The van der Waals surface area contributed by atoms with Gasteiger partial charge in [-0.3, -0.25) is 0 Å². The van der Waals surface area contributed by atoms with Crippen molar-refractivity contribution in [1.82, 2.24) is 0 Å². The fourth-order valence-corrected chi connectivity index (χ4v) is 1.87. The van der Waals surface area contributed by atoms with Crippen LogP contribution in [0.1, 0.15) is 11.6 Å². The van der Waals surface area contributed by atoms with Gasteiger partial charge in [0.2, 0.25) is 0 Å². The van der Waals surface area contributed by atoms with Crippen molar-refractivity contribution >= 4 is 22.6 Å². The van der Waals surface area contributed by atoms with E-state index < -0.39 is 18.3 Å². The molecule has 2 atom stereocenters. The van der Waals surface area contributed by atoms with Gasteiger partial charge in [-0.1, -0.05) is 18.2 Å². The number of rotatable bonds is 2. The van der Waals surface area contributed by atoms with Crippen LogP contribution in [0.15, 0.2) is 24.3 Å². The van der Waals surface area contributed by atoms with Crippen molar-refractivity contribution in [1.29, 1.82) is 0 Å². The van der Waals surface area contributed by atoms with E-state index in [-0.39, 0.29) is 0 Å². The van der Waals surface area contributed by atoms with Crippen molar-refractivity contribution in [2.24, 2.45) is 5.73 Å². The number of aliphatic hydroxyl groups is 1. The highest BCUT2D eigenvalue weighted by Crippen LogP contribution is 2.30. The molecule has 0 aromatic heterocycles. The first kappa shape index (κ1) is 12.7. The van der Waals surface area contributed by atoms with Gasteiger partial charge >= 0.3 is 6.18 Å². The van der Waals surface area contributed by atoms with Crippen molar-refractivity contribution in [3.05, 3.63) is 33.4 Å². The molecule has 3 N–H and O–H groups in total. The monoisotopic (exact) mass is 331 g/mol. The van der Waals surface area contributed by atoms with E-state index in [0.717, 1.165) is 0 Å². The Hall–Kier alpha value is -0.340. The Morgan fingerprint density at radius 2 is 1.80 bits per heavy atom. The Labute approximate surface area is 98.4 Å². The molecule has 0 aliphatic rings. The van der Waals surface area contributed by atoms with E-state index in [4.69, 9.17) is 10.8 Å². The van der Waals surface area contributed by atoms with Crippen LogP contribution in [0.2, 0.25) is 0 Å². The Balaban J connectivity index is 2.95. The first-order chi connectivity index (χ1) is 6.84. The molecule has 1 rings (SSSR count). The molecule has 0 unspecified atom stereocenters. The van der Waals surface area contributed by atoms with Crippen LogP contribution < -0.4 is 5.73 Å². The summed E-state index contributed by atoms with van der Waals surface area (Å²) >= 11 is 1.88. The molecule has 0 aliphatic heterocycles. The molecule has 0 heterocycles. The van der Waals surface area contributed by atoms with Crippen LogP contribution in [0.4, 0.5) is 13.2 Å². The zero-order valence-corrected chi connectivity index (χ0v) is 9.66. The van der Waals surface area contributed by atoms with Crippen LogP contribution in [0.25, 0.3) is 0 Å². The molecule has 1 aromatic rings. The van der Waals surface area contributed by atoms with Crippen LogP contribution in [-0.4, -0.2) is 17.4 Å². The largest absolute Gasteiger partial charge is 0.416 e. The van der Waals surface area contributed by atoms with E-state index in [1.807, 2.05) is 22.6 Å². The van der Waals surface area contributed by atoms with E-state index in [2.05, 4.69) is 0 Å². The third-order valence-corrected chi connectivity index (χ3v) is 2.92. The van der Waals surface area contributed by atoms with Gasteiger partial charge in [0, 0.05) is 3.57 Å². The second-order valence-electron chi connectivity index (χ2n) is 3.03. The Kier molecular flexibility index (Phi) is 3.96. The van der Waals surface area contributed by atoms with Gasteiger partial charge in [-0.15, -0.1) is 0 Å². The van der Waals surface area contributed by atoms with Gasteiger partial charge in [-0.25, -0.2) is 0 Å². The Bertz CT molecular complexity index is 342. The standard InChI is InChI=1S/C9H9F3INO/c10-9(11,12)8(15)7(14)5-3-1-2-4-6(5)13/h1-4,7-8,15H,14H2/t7-,8-/m1/s1. The van der Waals surface area contributed by atoms with Crippen LogP contribution >= 0.6 is 22.6 Å². The summed E-state index contributed by atoms with van der Waals surface area (Å²) in [5.41, 5.74) is 5.65. The number of alkyl halides is 3. The van der Waals surface area contributed by atoms with E-state index >= 15 is 0 Å². The topological polar surface area (TPSA) is 46.2 Å². The predicted octanol–water partition coefficient (Wildman–Crippen LogP) is 2.21. The van der Waals surface area contributed by atoms with Crippen molar-refractivity contribution in [3.63, 3.8) is 0 Å². The fourth-order valence-electron chi connectivity index (χ4n) is 1.12. The smallest absolute Gasteiger partial charge is 0.382 e. The number of benzene rings is 1.